The number of nitrogens with zero attached hydrogens (tertiary/aromatic N) is 1. The van der Waals surface area contributed by atoms with Crippen molar-refractivity contribution in [3.8, 4) is 22.3 Å². The average molecular weight is 217 g/mol. The van der Waals surface area contributed by atoms with Crippen LogP contribution in [0.1, 0.15) is 5.69 Å². The van der Waals surface area contributed by atoms with Crippen LogP contribution in [-0.2, 0) is 0 Å². The van der Waals surface area contributed by atoms with Crippen LogP contribution in [0.2, 0.25) is 0 Å². The maximum Gasteiger partial charge on any atom is 0.0457 e. The van der Waals surface area contributed by atoms with E-state index in [0.29, 0.717) is 0 Å². The molecule has 0 bridgehead atoms. The van der Waals surface area contributed by atoms with Gasteiger partial charge in [0.25, 0.3) is 0 Å². The van der Waals surface area contributed by atoms with Crippen LogP contribution in [0.15, 0.2) is 48.7 Å². The van der Waals surface area contributed by atoms with Gasteiger partial charge in [-0.3, -0.25) is 4.98 Å². The Labute approximate surface area is 99.7 Å². The van der Waals surface area contributed by atoms with Gasteiger partial charge in [-0.05, 0) is 23.6 Å². The maximum atomic E-state index is 4.51. The van der Waals surface area contributed by atoms with Crippen LogP contribution in [-0.4, -0.2) is 4.98 Å². The van der Waals surface area contributed by atoms with Crippen molar-refractivity contribution in [3.05, 3.63) is 54.4 Å². The summed E-state index contributed by atoms with van der Waals surface area (Å²) in [5, 5.41) is 2.60. The van der Waals surface area contributed by atoms with Crippen molar-refractivity contribution in [2.24, 2.45) is 0 Å². The molecule has 0 saturated carbocycles. The molecule has 0 amide bonds. The highest BCUT2D eigenvalue weighted by molar-refractivity contribution is 6.15. The van der Waals surface area contributed by atoms with E-state index in [-0.39, 0.29) is 0 Å². The van der Waals surface area contributed by atoms with E-state index in [1.807, 2.05) is 6.20 Å². The molecule has 1 nitrogen and oxygen atoms in total. The number of pyridine rings is 1. The highest BCUT2D eigenvalue weighted by Crippen LogP contribution is 2.47. The predicted octanol–water partition coefficient (Wildman–Crippen LogP) is 4.19. The molecule has 2 aromatic carbocycles. The molecule has 1 aromatic heterocycles. The summed E-state index contributed by atoms with van der Waals surface area (Å²) in [7, 11) is 0. The minimum absolute atomic E-state index is 1.12. The molecule has 0 unspecified atom stereocenters. The van der Waals surface area contributed by atoms with Gasteiger partial charge in [0.1, 0.15) is 0 Å². The number of rotatable bonds is 0. The number of aryl methyl sites for hydroxylation is 1. The largest absolute Gasteiger partial charge is 0.260 e. The van der Waals surface area contributed by atoms with Crippen LogP contribution in [0.4, 0.5) is 0 Å². The van der Waals surface area contributed by atoms with Crippen molar-refractivity contribution in [3.63, 3.8) is 0 Å². The molecule has 80 valence electrons. The Morgan fingerprint density at radius 2 is 1.59 bits per heavy atom. The predicted molar refractivity (Wildman–Crippen MR) is 70.9 cm³/mol. The first kappa shape index (κ1) is 8.94. The molecule has 4 rings (SSSR count). The number of hydrogen-bond donors (Lipinski definition) is 0. The summed E-state index contributed by atoms with van der Waals surface area (Å²) in [4.78, 5) is 4.51. The first-order valence-corrected chi connectivity index (χ1v) is 5.84. The first-order chi connectivity index (χ1) is 8.36. The van der Waals surface area contributed by atoms with Gasteiger partial charge in [-0.15, -0.1) is 0 Å². The van der Waals surface area contributed by atoms with E-state index >= 15 is 0 Å². The number of benzene rings is 2. The highest BCUT2D eigenvalue weighted by Gasteiger charge is 2.22. The molecule has 0 fully saturated rings. The Kier molecular flexibility index (Phi) is 1.55. The third-order valence-electron chi connectivity index (χ3n) is 3.59. The van der Waals surface area contributed by atoms with Crippen LogP contribution in [0.25, 0.3) is 33.0 Å². The molecular weight excluding hydrogens is 206 g/mol. The van der Waals surface area contributed by atoms with Gasteiger partial charge in [-0.1, -0.05) is 42.5 Å². The quantitative estimate of drug-likeness (QED) is 0.430. The zero-order chi connectivity index (χ0) is 11.4. The fraction of sp³-hybridized carbons (Fsp3) is 0.0625. The van der Waals surface area contributed by atoms with E-state index in [1.165, 1.54) is 33.0 Å². The van der Waals surface area contributed by atoms with Gasteiger partial charge in [0, 0.05) is 28.2 Å². The van der Waals surface area contributed by atoms with Gasteiger partial charge in [0.2, 0.25) is 0 Å². The monoisotopic (exact) mass is 217 g/mol. The van der Waals surface area contributed by atoms with Gasteiger partial charge in [0.05, 0.1) is 0 Å². The Hall–Kier alpha value is -2.15. The van der Waals surface area contributed by atoms with Crippen molar-refractivity contribution < 1.29 is 0 Å². The summed E-state index contributed by atoms with van der Waals surface area (Å²) >= 11 is 0. The molecule has 1 aliphatic carbocycles. The summed E-state index contributed by atoms with van der Waals surface area (Å²) in [5.74, 6) is 0. The molecule has 1 heterocycles. The van der Waals surface area contributed by atoms with E-state index in [2.05, 4.69) is 54.4 Å². The van der Waals surface area contributed by atoms with Crippen LogP contribution in [0, 0.1) is 6.92 Å². The lowest BCUT2D eigenvalue weighted by molar-refractivity contribution is 1.23. The first-order valence-electron chi connectivity index (χ1n) is 5.84. The van der Waals surface area contributed by atoms with Crippen molar-refractivity contribution in [2.45, 2.75) is 6.92 Å². The lowest BCUT2D eigenvalue weighted by Gasteiger charge is -2.04. The molecule has 1 heteroatoms. The van der Waals surface area contributed by atoms with Crippen LogP contribution >= 0.6 is 0 Å². The molecule has 0 radical (unpaired) electrons. The highest BCUT2D eigenvalue weighted by atomic mass is 14.7. The summed E-state index contributed by atoms with van der Waals surface area (Å²) in [6.07, 6.45) is 1.98. The summed E-state index contributed by atoms with van der Waals surface area (Å²) in [6.45, 7) is 2.09. The van der Waals surface area contributed by atoms with E-state index in [4.69, 9.17) is 0 Å². The Balaban J connectivity index is 2.33. The Morgan fingerprint density at radius 3 is 2.47 bits per heavy atom. The van der Waals surface area contributed by atoms with Crippen molar-refractivity contribution >= 4 is 10.8 Å². The van der Waals surface area contributed by atoms with E-state index in [9.17, 15) is 0 Å². The lowest BCUT2D eigenvalue weighted by Crippen LogP contribution is -1.85. The second-order valence-electron chi connectivity index (χ2n) is 4.53. The molecule has 0 spiro atoms. The number of hydrogen-bond acceptors (Lipinski definition) is 1. The minimum Gasteiger partial charge on any atom is -0.260 e. The normalized spacial score (nSPS) is 11.8. The van der Waals surface area contributed by atoms with Gasteiger partial charge < -0.3 is 0 Å². The molecule has 1 aliphatic rings. The van der Waals surface area contributed by atoms with Gasteiger partial charge in [0.15, 0.2) is 0 Å². The molecule has 0 saturated heterocycles. The van der Waals surface area contributed by atoms with E-state index in [0.717, 1.165) is 5.69 Å². The third kappa shape index (κ3) is 1.01. The number of aromatic nitrogens is 1. The van der Waals surface area contributed by atoms with E-state index < -0.39 is 0 Å². The zero-order valence-corrected chi connectivity index (χ0v) is 9.57. The summed E-state index contributed by atoms with van der Waals surface area (Å²) in [6, 6.07) is 15.1. The second-order valence-corrected chi connectivity index (χ2v) is 4.53. The van der Waals surface area contributed by atoms with Crippen LogP contribution in [0.5, 0.6) is 0 Å². The molecular formula is C16H11N. The Morgan fingerprint density at radius 1 is 0.824 bits per heavy atom. The third-order valence-corrected chi connectivity index (χ3v) is 3.59. The fourth-order valence-corrected chi connectivity index (χ4v) is 2.86. The minimum atomic E-state index is 1.12. The van der Waals surface area contributed by atoms with Gasteiger partial charge in [-0.25, -0.2) is 0 Å². The zero-order valence-electron chi connectivity index (χ0n) is 9.57. The topological polar surface area (TPSA) is 12.9 Å². The fourth-order valence-electron chi connectivity index (χ4n) is 2.86. The molecule has 0 aliphatic heterocycles. The number of fused-ring (bicyclic) bond motifs is 3. The standard InChI is InChI=1S/C16H11N/c1-10-15-13-7-3-2-6-12(13)14-8-4-5-11(9-17-10)16(14)15/h2-9H,1H3. The molecule has 3 aromatic rings. The summed E-state index contributed by atoms with van der Waals surface area (Å²) in [5.41, 5.74) is 6.44. The molecule has 0 atom stereocenters. The van der Waals surface area contributed by atoms with Crippen LogP contribution < -0.4 is 0 Å². The molecule has 0 N–H and O–H groups in total. The van der Waals surface area contributed by atoms with Crippen LogP contribution in [0.3, 0.4) is 0 Å². The average Bonchev–Trinajstić information content (AvgIpc) is 2.71. The maximum absolute atomic E-state index is 4.51. The van der Waals surface area contributed by atoms with Gasteiger partial charge >= 0.3 is 0 Å². The smallest absolute Gasteiger partial charge is 0.0457 e. The van der Waals surface area contributed by atoms with Crippen molar-refractivity contribution in [1.82, 2.24) is 4.98 Å². The molecule has 17 heavy (non-hydrogen) atoms. The SMILES string of the molecule is Cc1ncc2cccc3c2c1-c1ccccc1-3. The van der Waals surface area contributed by atoms with Crippen molar-refractivity contribution in [2.75, 3.05) is 0 Å². The summed E-state index contributed by atoms with van der Waals surface area (Å²) < 4.78 is 0. The lowest BCUT2D eigenvalue weighted by atomic mass is 10.0. The second kappa shape index (κ2) is 2.95. The van der Waals surface area contributed by atoms with E-state index in [1.54, 1.807) is 0 Å². The van der Waals surface area contributed by atoms with Gasteiger partial charge in [-0.2, -0.15) is 0 Å². The van der Waals surface area contributed by atoms with Crippen molar-refractivity contribution in [1.29, 1.82) is 0 Å². The Bertz CT molecular complexity index is 757.